The first-order valence-electron chi connectivity index (χ1n) is 3.63. The van der Waals surface area contributed by atoms with Gasteiger partial charge in [-0.05, 0) is 18.6 Å². The molecule has 12 heavy (non-hydrogen) atoms. The molecule has 1 aromatic heterocycles. The molecule has 0 aliphatic rings. The zero-order valence-electron chi connectivity index (χ0n) is 6.60. The van der Waals surface area contributed by atoms with Crippen LogP contribution < -0.4 is 5.73 Å². The van der Waals surface area contributed by atoms with Crippen molar-refractivity contribution >= 4 is 26.4 Å². The minimum atomic E-state index is -0.270. The van der Waals surface area contributed by atoms with Gasteiger partial charge in [0.2, 0.25) is 0 Å². The van der Waals surface area contributed by atoms with Gasteiger partial charge in [-0.3, -0.25) is 0 Å². The third kappa shape index (κ3) is 0.898. The first-order chi connectivity index (χ1) is 5.70. The van der Waals surface area contributed by atoms with Gasteiger partial charge < -0.3 is 5.73 Å². The Hall–Kier alpha value is -1.09. The maximum atomic E-state index is 13.3. The van der Waals surface area contributed by atoms with E-state index in [0.717, 1.165) is 10.3 Å². The first-order valence-corrected chi connectivity index (χ1v) is 4.45. The number of benzene rings is 1. The van der Waals surface area contributed by atoms with E-state index in [1.807, 2.05) is 25.1 Å². The van der Waals surface area contributed by atoms with Crippen molar-refractivity contribution in [2.45, 2.75) is 6.92 Å². The number of halogens is 1. The summed E-state index contributed by atoms with van der Waals surface area (Å²) >= 11 is 1.30. The molecule has 62 valence electrons. The molecule has 0 radical (unpaired) electrons. The number of rotatable bonds is 0. The second-order valence-corrected chi connectivity index (χ2v) is 3.81. The minimum absolute atomic E-state index is 0.270. The summed E-state index contributed by atoms with van der Waals surface area (Å²) in [6.45, 7) is 1.89. The molecule has 2 rings (SSSR count). The highest BCUT2D eigenvalue weighted by atomic mass is 32.1. The Balaban J connectivity index is 2.97. The molecule has 1 aromatic carbocycles. The quantitative estimate of drug-likeness (QED) is 0.664. The predicted molar refractivity (Wildman–Crippen MR) is 50.9 cm³/mol. The Morgan fingerprint density at radius 3 is 2.83 bits per heavy atom. The number of fused-ring (bicyclic) bond motifs is 1. The van der Waals surface area contributed by atoms with Gasteiger partial charge in [0, 0.05) is 10.1 Å². The van der Waals surface area contributed by atoms with E-state index in [1.54, 1.807) is 0 Å². The third-order valence-corrected chi connectivity index (χ3v) is 2.85. The van der Waals surface area contributed by atoms with Crippen molar-refractivity contribution in [2.75, 3.05) is 5.73 Å². The van der Waals surface area contributed by atoms with E-state index in [9.17, 15) is 4.39 Å². The van der Waals surface area contributed by atoms with Crippen molar-refractivity contribution in [3.8, 4) is 0 Å². The minimum Gasteiger partial charge on any atom is -0.388 e. The third-order valence-electron chi connectivity index (χ3n) is 1.89. The molecule has 0 spiro atoms. The van der Waals surface area contributed by atoms with Crippen LogP contribution >= 0.6 is 11.3 Å². The molecule has 0 bridgehead atoms. The summed E-state index contributed by atoms with van der Waals surface area (Å²) in [5.74, 6) is -0.270. The van der Waals surface area contributed by atoms with Gasteiger partial charge >= 0.3 is 0 Å². The first kappa shape index (κ1) is 7.55. The second kappa shape index (κ2) is 2.45. The maximum absolute atomic E-state index is 13.3. The normalized spacial score (nSPS) is 10.8. The Bertz CT molecular complexity index is 433. The van der Waals surface area contributed by atoms with Crippen molar-refractivity contribution < 1.29 is 4.39 Å². The van der Waals surface area contributed by atoms with Gasteiger partial charge in [0.1, 0.15) is 5.00 Å². The van der Waals surface area contributed by atoms with Crippen molar-refractivity contribution in [3.63, 3.8) is 0 Å². The summed E-state index contributed by atoms with van der Waals surface area (Å²) in [5, 5.41) is 0.944. The van der Waals surface area contributed by atoms with Gasteiger partial charge in [0.25, 0.3) is 0 Å². The Morgan fingerprint density at radius 2 is 2.17 bits per heavy atom. The fourth-order valence-corrected chi connectivity index (χ4v) is 2.22. The largest absolute Gasteiger partial charge is 0.388 e. The molecule has 0 unspecified atom stereocenters. The molecule has 2 N–H and O–H groups in total. The van der Waals surface area contributed by atoms with E-state index >= 15 is 0 Å². The van der Waals surface area contributed by atoms with Crippen molar-refractivity contribution in [3.05, 3.63) is 29.6 Å². The number of aryl methyl sites for hydroxylation is 1. The lowest BCUT2D eigenvalue weighted by Crippen LogP contribution is -1.82. The summed E-state index contributed by atoms with van der Waals surface area (Å²) in [4.78, 5) is 0. The van der Waals surface area contributed by atoms with Gasteiger partial charge in [-0.25, -0.2) is 4.39 Å². The molecule has 0 saturated heterocycles. The second-order valence-electron chi connectivity index (χ2n) is 2.73. The Kier molecular flexibility index (Phi) is 1.54. The maximum Gasteiger partial charge on any atom is 0.165 e. The molecule has 0 atom stereocenters. The summed E-state index contributed by atoms with van der Waals surface area (Å²) in [7, 11) is 0. The standard InChI is InChI=1S/C9H8FNS/c1-5-3-2-4-6-7(5)8(10)9(11)12-6/h2-4H,11H2,1H3. The molecule has 0 amide bonds. The van der Waals surface area contributed by atoms with Crippen LogP contribution in [0.1, 0.15) is 5.56 Å². The molecule has 0 aliphatic carbocycles. The van der Waals surface area contributed by atoms with Crippen LogP contribution in [0, 0.1) is 12.7 Å². The van der Waals surface area contributed by atoms with Crippen LogP contribution in [-0.2, 0) is 0 Å². The van der Waals surface area contributed by atoms with Crippen LogP contribution in [0.4, 0.5) is 9.39 Å². The summed E-state index contributed by atoms with van der Waals surface area (Å²) in [6, 6.07) is 5.68. The number of nitrogen functional groups attached to an aromatic ring is 1. The molecular formula is C9H8FNS. The van der Waals surface area contributed by atoms with Gasteiger partial charge in [-0.15, -0.1) is 11.3 Å². The van der Waals surface area contributed by atoms with E-state index in [1.165, 1.54) is 11.3 Å². The highest BCUT2D eigenvalue weighted by Gasteiger charge is 2.09. The van der Waals surface area contributed by atoms with Crippen LogP contribution in [0.25, 0.3) is 10.1 Å². The summed E-state index contributed by atoms with van der Waals surface area (Å²) in [6.07, 6.45) is 0. The molecular weight excluding hydrogens is 173 g/mol. The highest BCUT2D eigenvalue weighted by molar-refractivity contribution is 7.22. The van der Waals surface area contributed by atoms with Gasteiger partial charge in [0.05, 0.1) is 0 Å². The van der Waals surface area contributed by atoms with E-state index in [4.69, 9.17) is 5.73 Å². The van der Waals surface area contributed by atoms with Gasteiger partial charge in [-0.1, -0.05) is 12.1 Å². The molecule has 3 heteroatoms. The number of hydrogen-bond donors (Lipinski definition) is 1. The van der Waals surface area contributed by atoms with Crippen molar-refractivity contribution in [1.82, 2.24) is 0 Å². The van der Waals surface area contributed by atoms with Crippen LogP contribution in [0.15, 0.2) is 18.2 Å². The van der Waals surface area contributed by atoms with E-state index in [2.05, 4.69) is 0 Å². The zero-order valence-corrected chi connectivity index (χ0v) is 7.41. The number of anilines is 1. The average Bonchev–Trinajstić information content (AvgIpc) is 2.29. The van der Waals surface area contributed by atoms with E-state index in [-0.39, 0.29) is 10.8 Å². The Morgan fingerprint density at radius 1 is 1.42 bits per heavy atom. The smallest absolute Gasteiger partial charge is 0.165 e. The SMILES string of the molecule is Cc1cccc2sc(N)c(F)c12. The summed E-state index contributed by atoms with van der Waals surface area (Å²) < 4.78 is 14.2. The Labute approximate surface area is 73.6 Å². The predicted octanol–water partition coefficient (Wildman–Crippen LogP) is 2.93. The fraction of sp³-hybridized carbons (Fsp3) is 0.111. The summed E-state index contributed by atoms with van der Waals surface area (Å²) in [5.41, 5.74) is 6.41. The monoisotopic (exact) mass is 181 g/mol. The fourth-order valence-electron chi connectivity index (χ4n) is 1.29. The lowest BCUT2D eigenvalue weighted by molar-refractivity contribution is 0.647. The molecule has 0 saturated carbocycles. The van der Waals surface area contributed by atoms with Crippen LogP contribution in [0.2, 0.25) is 0 Å². The van der Waals surface area contributed by atoms with Gasteiger partial charge in [-0.2, -0.15) is 0 Å². The molecule has 0 fully saturated rings. The molecule has 2 aromatic rings. The topological polar surface area (TPSA) is 26.0 Å². The molecule has 1 heterocycles. The van der Waals surface area contributed by atoms with Gasteiger partial charge in [0.15, 0.2) is 5.82 Å². The van der Waals surface area contributed by atoms with Crippen LogP contribution in [0.3, 0.4) is 0 Å². The van der Waals surface area contributed by atoms with Crippen molar-refractivity contribution in [2.24, 2.45) is 0 Å². The van der Waals surface area contributed by atoms with E-state index in [0.29, 0.717) is 5.39 Å². The molecule has 0 aliphatic heterocycles. The highest BCUT2D eigenvalue weighted by Crippen LogP contribution is 2.33. The lowest BCUT2D eigenvalue weighted by atomic mass is 10.1. The molecule has 1 nitrogen and oxygen atoms in total. The van der Waals surface area contributed by atoms with E-state index < -0.39 is 0 Å². The number of nitrogens with two attached hydrogens (primary N) is 1. The lowest BCUT2D eigenvalue weighted by Gasteiger charge is -1.93. The van der Waals surface area contributed by atoms with Crippen LogP contribution in [-0.4, -0.2) is 0 Å². The zero-order chi connectivity index (χ0) is 8.72. The average molecular weight is 181 g/mol. The number of thiophene rings is 1. The van der Waals surface area contributed by atoms with Crippen LogP contribution in [0.5, 0.6) is 0 Å². The number of hydrogen-bond acceptors (Lipinski definition) is 2. The van der Waals surface area contributed by atoms with Crippen molar-refractivity contribution in [1.29, 1.82) is 0 Å².